The number of aryl methyl sites for hydroxylation is 1. The number of hydrogen-bond acceptors (Lipinski definition) is 5. The topological polar surface area (TPSA) is 41.6 Å². The van der Waals surface area contributed by atoms with E-state index in [1.54, 1.807) is 0 Å². The van der Waals surface area contributed by atoms with Crippen molar-refractivity contribution in [1.82, 2.24) is 9.88 Å². The lowest BCUT2D eigenvalue weighted by Crippen LogP contribution is -2.35. The SMILES string of the molecule is CC[C@@H]1CSC2=N[C@H](c3ccccn3)[C@H](c3ccc(-c4cc(Cl)ccc4C)o3)N21. The van der Waals surface area contributed by atoms with Crippen molar-refractivity contribution < 1.29 is 4.42 Å². The van der Waals surface area contributed by atoms with Gasteiger partial charge in [-0.05, 0) is 55.3 Å². The summed E-state index contributed by atoms with van der Waals surface area (Å²) in [7, 11) is 0. The van der Waals surface area contributed by atoms with Crippen LogP contribution in [0.15, 0.2) is 64.1 Å². The summed E-state index contributed by atoms with van der Waals surface area (Å²) in [6.45, 7) is 4.31. The largest absolute Gasteiger partial charge is 0.459 e. The fourth-order valence-corrected chi connectivity index (χ4v) is 5.69. The number of fused-ring (bicyclic) bond motifs is 1. The normalized spacial score (nSPS) is 23.3. The number of furan rings is 1. The molecule has 2 aromatic heterocycles. The van der Waals surface area contributed by atoms with Gasteiger partial charge in [0.1, 0.15) is 23.6 Å². The van der Waals surface area contributed by atoms with Crippen molar-refractivity contribution in [3.8, 4) is 11.3 Å². The lowest BCUT2D eigenvalue weighted by atomic mass is 10.0. The van der Waals surface area contributed by atoms with E-state index in [4.69, 9.17) is 21.0 Å². The van der Waals surface area contributed by atoms with Crippen molar-refractivity contribution in [2.45, 2.75) is 38.4 Å². The number of aromatic nitrogens is 1. The number of hydrogen-bond donors (Lipinski definition) is 0. The molecule has 4 heterocycles. The third-order valence-corrected chi connectivity index (χ3v) is 7.07. The Bertz CT molecular complexity index is 1060. The summed E-state index contributed by atoms with van der Waals surface area (Å²) in [4.78, 5) is 12.1. The fraction of sp³-hybridized carbons (Fsp3) is 0.304. The molecule has 3 atom stereocenters. The standard InChI is InChI=1S/C23H22ClN3OS/c1-3-16-13-29-23-26-21(18-6-4-5-11-25-18)22(27(16)23)20-10-9-19(28-20)17-12-15(24)8-7-14(17)2/h4-12,16,21-22H,3,13H2,1-2H3/t16-,21-,22+/m1/s1. The summed E-state index contributed by atoms with van der Waals surface area (Å²) in [5, 5.41) is 1.82. The van der Waals surface area contributed by atoms with Crippen LogP contribution in [0.4, 0.5) is 0 Å². The number of halogens is 1. The van der Waals surface area contributed by atoms with Crippen LogP contribution in [0.2, 0.25) is 5.02 Å². The van der Waals surface area contributed by atoms with Gasteiger partial charge in [0.15, 0.2) is 5.17 Å². The second-order valence-corrected chi connectivity index (χ2v) is 8.92. The van der Waals surface area contributed by atoms with Crippen LogP contribution in [0, 0.1) is 6.92 Å². The molecular weight excluding hydrogens is 402 g/mol. The maximum absolute atomic E-state index is 6.43. The quantitative estimate of drug-likeness (QED) is 0.495. The number of benzene rings is 1. The average molecular weight is 424 g/mol. The van der Waals surface area contributed by atoms with Crippen molar-refractivity contribution in [2.24, 2.45) is 4.99 Å². The first-order valence-corrected chi connectivity index (χ1v) is 11.3. The number of rotatable bonds is 4. The smallest absolute Gasteiger partial charge is 0.161 e. The molecule has 2 aliphatic rings. The highest BCUT2D eigenvalue weighted by Crippen LogP contribution is 2.49. The predicted octanol–water partition coefficient (Wildman–Crippen LogP) is 6.28. The van der Waals surface area contributed by atoms with Crippen molar-refractivity contribution in [1.29, 1.82) is 0 Å². The molecule has 2 aliphatic heterocycles. The predicted molar refractivity (Wildman–Crippen MR) is 119 cm³/mol. The van der Waals surface area contributed by atoms with Gasteiger partial charge in [-0.15, -0.1) is 0 Å². The summed E-state index contributed by atoms with van der Waals surface area (Å²) >= 11 is 8.07. The van der Waals surface area contributed by atoms with Crippen molar-refractivity contribution in [3.05, 3.63) is 76.8 Å². The van der Waals surface area contributed by atoms with Crippen molar-refractivity contribution >= 4 is 28.5 Å². The molecule has 3 aromatic rings. The van der Waals surface area contributed by atoms with E-state index < -0.39 is 0 Å². The van der Waals surface area contributed by atoms with E-state index in [0.717, 1.165) is 45.7 Å². The van der Waals surface area contributed by atoms with Crippen LogP contribution in [0.1, 0.15) is 42.4 Å². The monoisotopic (exact) mass is 423 g/mol. The molecule has 0 bridgehead atoms. The molecule has 0 spiro atoms. The van der Waals surface area contributed by atoms with Gasteiger partial charge in [-0.3, -0.25) is 4.98 Å². The maximum atomic E-state index is 6.43. The lowest BCUT2D eigenvalue weighted by Gasteiger charge is -2.30. The van der Waals surface area contributed by atoms with E-state index in [9.17, 15) is 0 Å². The maximum Gasteiger partial charge on any atom is 0.161 e. The van der Waals surface area contributed by atoms with Crippen molar-refractivity contribution in [3.63, 3.8) is 0 Å². The summed E-state index contributed by atoms with van der Waals surface area (Å²) in [6.07, 6.45) is 2.92. The molecule has 5 rings (SSSR count). The Kier molecular flexibility index (Phi) is 4.88. The third-order valence-electron chi connectivity index (χ3n) is 5.71. The van der Waals surface area contributed by atoms with Gasteiger partial charge < -0.3 is 9.32 Å². The highest BCUT2D eigenvalue weighted by molar-refractivity contribution is 8.14. The second-order valence-electron chi connectivity index (χ2n) is 7.50. The molecule has 0 unspecified atom stereocenters. The Morgan fingerprint density at radius 3 is 2.90 bits per heavy atom. The highest BCUT2D eigenvalue weighted by Gasteiger charge is 2.46. The van der Waals surface area contributed by atoms with Crippen LogP contribution >= 0.6 is 23.4 Å². The lowest BCUT2D eigenvalue weighted by molar-refractivity contribution is 0.226. The van der Waals surface area contributed by atoms with E-state index >= 15 is 0 Å². The first kappa shape index (κ1) is 18.8. The van der Waals surface area contributed by atoms with Crippen LogP contribution in [0.25, 0.3) is 11.3 Å². The molecule has 1 fully saturated rings. The van der Waals surface area contributed by atoms with E-state index in [-0.39, 0.29) is 12.1 Å². The van der Waals surface area contributed by atoms with Crippen LogP contribution in [0.5, 0.6) is 0 Å². The molecule has 4 nitrogen and oxygen atoms in total. The zero-order valence-corrected chi connectivity index (χ0v) is 18.0. The number of nitrogens with zero attached hydrogens (tertiary/aromatic N) is 3. The number of thioether (sulfide) groups is 1. The van der Waals surface area contributed by atoms with Crippen LogP contribution < -0.4 is 0 Å². The molecule has 0 radical (unpaired) electrons. The third kappa shape index (κ3) is 3.26. The molecule has 29 heavy (non-hydrogen) atoms. The molecule has 0 N–H and O–H groups in total. The second kappa shape index (κ2) is 7.54. The Morgan fingerprint density at radius 1 is 1.21 bits per heavy atom. The summed E-state index contributed by atoms with van der Waals surface area (Å²) in [6, 6.07) is 16.5. The zero-order chi connectivity index (χ0) is 20.0. The van der Waals surface area contributed by atoms with E-state index in [0.29, 0.717) is 11.1 Å². The first-order valence-electron chi connectivity index (χ1n) is 9.92. The number of amidine groups is 1. The van der Waals surface area contributed by atoms with Crippen LogP contribution in [-0.4, -0.2) is 26.8 Å². The van der Waals surface area contributed by atoms with E-state index in [2.05, 4.69) is 35.9 Å². The molecular formula is C23H22ClN3OS. The van der Waals surface area contributed by atoms with E-state index in [1.165, 1.54) is 0 Å². The van der Waals surface area contributed by atoms with E-state index in [1.807, 2.05) is 54.4 Å². The van der Waals surface area contributed by atoms with Gasteiger partial charge in [0.25, 0.3) is 0 Å². The Labute approximate surface area is 180 Å². The van der Waals surface area contributed by atoms with Gasteiger partial charge >= 0.3 is 0 Å². The molecule has 1 saturated heterocycles. The minimum absolute atomic E-state index is 0.0214. The summed E-state index contributed by atoms with van der Waals surface area (Å²) in [5.41, 5.74) is 3.15. The van der Waals surface area contributed by atoms with Crippen LogP contribution in [-0.2, 0) is 0 Å². The van der Waals surface area contributed by atoms with Gasteiger partial charge in [-0.2, -0.15) is 0 Å². The highest BCUT2D eigenvalue weighted by atomic mass is 35.5. The average Bonchev–Trinajstić information content (AvgIpc) is 3.45. The van der Waals surface area contributed by atoms with Gasteiger partial charge in [0.2, 0.25) is 0 Å². The summed E-state index contributed by atoms with van der Waals surface area (Å²) < 4.78 is 6.43. The first-order chi connectivity index (χ1) is 14.2. The zero-order valence-electron chi connectivity index (χ0n) is 16.4. The van der Waals surface area contributed by atoms with Gasteiger partial charge in [-0.1, -0.05) is 42.4 Å². The number of pyridine rings is 1. The van der Waals surface area contributed by atoms with Crippen LogP contribution in [0.3, 0.4) is 0 Å². The van der Waals surface area contributed by atoms with Gasteiger partial charge in [0, 0.05) is 28.6 Å². The minimum atomic E-state index is -0.0625. The molecule has 0 aliphatic carbocycles. The van der Waals surface area contributed by atoms with Crippen molar-refractivity contribution in [2.75, 3.05) is 5.75 Å². The number of aliphatic imine (C=N–C) groups is 1. The Hall–Kier alpha value is -2.24. The molecule has 6 heteroatoms. The minimum Gasteiger partial charge on any atom is -0.459 e. The fourth-order valence-electron chi connectivity index (χ4n) is 4.18. The molecule has 1 aromatic carbocycles. The molecule has 0 saturated carbocycles. The Balaban J connectivity index is 1.57. The Morgan fingerprint density at radius 2 is 2.10 bits per heavy atom. The molecule has 0 amide bonds. The molecule has 148 valence electrons. The van der Waals surface area contributed by atoms with Gasteiger partial charge in [-0.25, -0.2) is 4.99 Å². The van der Waals surface area contributed by atoms with Gasteiger partial charge in [0.05, 0.1) is 5.69 Å². The summed E-state index contributed by atoms with van der Waals surface area (Å²) in [5.74, 6) is 2.84.